The molecular formula is C16H25NO2. The highest BCUT2D eigenvalue weighted by atomic mass is 16.5. The fraction of sp³-hybridized carbons (Fsp3) is 0.625. The van der Waals surface area contributed by atoms with E-state index in [1.54, 1.807) is 7.11 Å². The van der Waals surface area contributed by atoms with E-state index in [9.17, 15) is 0 Å². The lowest BCUT2D eigenvalue weighted by molar-refractivity contribution is -0.0675. The molecule has 1 fully saturated rings. The predicted octanol–water partition coefficient (Wildman–Crippen LogP) is 3.31. The van der Waals surface area contributed by atoms with E-state index in [2.05, 4.69) is 17.4 Å². The summed E-state index contributed by atoms with van der Waals surface area (Å²) in [6.45, 7) is 0. The minimum Gasteiger partial charge on any atom is -0.496 e. The Labute approximate surface area is 116 Å². The van der Waals surface area contributed by atoms with Crippen LogP contribution >= 0.6 is 0 Å². The number of benzene rings is 1. The summed E-state index contributed by atoms with van der Waals surface area (Å²) in [6.07, 6.45) is 6.00. The van der Waals surface area contributed by atoms with Gasteiger partial charge in [0, 0.05) is 12.7 Å². The average Bonchev–Trinajstić information content (AvgIpc) is 2.49. The Hall–Kier alpha value is -1.06. The third-order valence-electron chi connectivity index (χ3n) is 4.37. The highest BCUT2D eigenvalue weighted by molar-refractivity contribution is 5.37. The minimum atomic E-state index is -0.109. The van der Waals surface area contributed by atoms with E-state index in [1.165, 1.54) is 24.8 Å². The second-order valence-corrected chi connectivity index (χ2v) is 5.29. The lowest BCUT2D eigenvalue weighted by Gasteiger charge is -2.43. The summed E-state index contributed by atoms with van der Waals surface area (Å²) in [7, 11) is 5.57. The van der Waals surface area contributed by atoms with Crippen LogP contribution in [0.1, 0.15) is 43.7 Å². The van der Waals surface area contributed by atoms with Crippen LogP contribution in [0.15, 0.2) is 24.3 Å². The topological polar surface area (TPSA) is 30.5 Å². The molecule has 0 radical (unpaired) electrons. The molecule has 1 atom stereocenters. The van der Waals surface area contributed by atoms with Crippen molar-refractivity contribution < 1.29 is 9.47 Å². The van der Waals surface area contributed by atoms with Crippen molar-refractivity contribution in [2.75, 3.05) is 21.3 Å². The molecule has 3 heteroatoms. The summed E-state index contributed by atoms with van der Waals surface area (Å²) in [4.78, 5) is 0. The molecule has 1 N–H and O–H groups in total. The van der Waals surface area contributed by atoms with Crippen LogP contribution in [-0.4, -0.2) is 26.9 Å². The van der Waals surface area contributed by atoms with Gasteiger partial charge < -0.3 is 14.8 Å². The molecule has 1 aromatic rings. The SMILES string of the molecule is CNC(c1ccccc1OC)C1(OC)CCCCC1. The van der Waals surface area contributed by atoms with Crippen molar-refractivity contribution in [3.05, 3.63) is 29.8 Å². The summed E-state index contributed by atoms with van der Waals surface area (Å²) < 4.78 is 11.5. The van der Waals surface area contributed by atoms with Crippen molar-refractivity contribution >= 4 is 0 Å². The maximum absolute atomic E-state index is 5.97. The Balaban J connectivity index is 2.36. The smallest absolute Gasteiger partial charge is 0.123 e. The normalized spacial score (nSPS) is 19.9. The fourth-order valence-corrected chi connectivity index (χ4v) is 3.37. The van der Waals surface area contributed by atoms with E-state index in [0.29, 0.717) is 0 Å². The molecule has 1 unspecified atom stereocenters. The Morgan fingerprint density at radius 1 is 1.11 bits per heavy atom. The largest absolute Gasteiger partial charge is 0.496 e. The van der Waals surface area contributed by atoms with Crippen LogP contribution in [0.5, 0.6) is 5.75 Å². The molecule has 0 bridgehead atoms. The Morgan fingerprint density at radius 2 is 1.79 bits per heavy atom. The van der Waals surface area contributed by atoms with Crippen LogP contribution in [0.2, 0.25) is 0 Å². The second kappa shape index (κ2) is 6.40. The van der Waals surface area contributed by atoms with Crippen molar-refractivity contribution in [2.45, 2.75) is 43.7 Å². The van der Waals surface area contributed by atoms with Gasteiger partial charge in [0.1, 0.15) is 5.75 Å². The van der Waals surface area contributed by atoms with E-state index in [-0.39, 0.29) is 11.6 Å². The van der Waals surface area contributed by atoms with Crippen LogP contribution in [0.25, 0.3) is 0 Å². The maximum atomic E-state index is 5.97. The van der Waals surface area contributed by atoms with Gasteiger partial charge in [0.2, 0.25) is 0 Å². The molecule has 0 aliphatic heterocycles. The van der Waals surface area contributed by atoms with Gasteiger partial charge in [-0.25, -0.2) is 0 Å². The number of methoxy groups -OCH3 is 2. The first-order chi connectivity index (χ1) is 9.27. The molecule has 0 amide bonds. The van der Waals surface area contributed by atoms with Crippen LogP contribution in [-0.2, 0) is 4.74 Å². The van der Waals surface area contributed by atoms with Crippen molar-refractivity contribution in [1.29, 1.82) is 0 Å². The highest BCUT2D eigenvalue weighted by Crippen LogP contribution is 2.43. The molecule has 2 rings (SSSR count). The van der Waals surface area contributed by atoms with Gasteiger partial charge in [-0.1, -0.05) is 37.5 Å². The van der Waals surface area contributed by atoms with Gasteiger partial charge in [-0.2, -0.15) is 0 Å². The van der Waals surface area contributed by atoms with Crippen LogP contribution in [0, 0.1) is 0 Å². The van der Waals surface area contributed by atoms with Crippen LogP contribution in [0.4, 0.5) is 0 Å². The lowest BCUT2D eigenvalue weighted by Crippen LogP contribution is -2.46. The highest BCUT2D eigenvalue weighted by Gasteiger charge is 2.41. The predicted molar refractivity (Wildman–Crippen MR) is 77.6 cm³/mol. The first-order valence-electron chi connectivity index (χ1n) is 7.13. The van der Waals surface area contributed by atoms with E-state index in [4.69, 9.17) is 9.47 Å². The van der Waals surface area contributed by atoms with Crippen LogP contribution < -0.4 is 10.1 Å². The van der Waals surface area contributed by atoms with Crippen molar-refractivity contribution in [1.82, 2.24) is 5.32 Å². The average molecular weight is 263 g/mol. The summed E-state index contributed by atoms with van der Waals surface area (Å²) in [5, 5.41) is 3.45. The van der Waals surface area contributed by atoms with Gasteiger partial charge in [0.25, 0.3) is 0 Å². The molecule has 1 aliphatic carbocycles. The maximum Gasteiger partial charge on any atom is 0.123 e. The molecule has 106 valence electrons. The summed E-state index contributed by atoms with van der Waals surface area (Å²) in [6, 6.07) is 8.40. The number of para-hydroxylation sites is 1. The zero-order valence-electron chi connectivity index (χ0n) is 12.2. The zero-order valence-corrected chi connectivity index (χ0v) is 12.2. The Morgan fingerprint density at radius 3 is 2.37 bits per heavy atom. The van der Waals surface area contributed by atoms with E-state index < -0.39 is 0 Å². The fourth-order valence-electron chi connectivity index (χ4n) is 3.37. The van der Waals surface area contributed by atoms with Crippen LogP contribution in [0.3, 0.4) is 0 Å². The molecule has 3 nitrogen and oxygen atoms in total. The lowest BCUT2D eigenvalue weighted by atomic mass is 9.76. The molecule has 0 saturated heterocycles. The minimum absolute atomic E-state index is 0.109. The van der Waals surface area contributed by atoms with Gasteiger partial charge >= 0.3 is 0 Å². The Bertz CT molecular complexity index is 399. The third kappa shape index (κ3) is 2.77. The molecule has 0 heterocycles. The quantitative estimate of drug-likeness (QED) is 0.884. The molecule has 1 saturated carbocycles. The van der Waals surface area contributed by atoms with Gasteiger partial charge in [-0.15, -0.1) is 0 Å². The molecule has 0 spiro atoms. The number of hydrogen-bond acceptors (Lipinski definition) is 3. The summed E-state index contributed by atoms with van der Waals surface area (Å²) in [5.74, 6) is 0.934. The van der Waals surface area contributed by atoms with Gasteiger partial charge in [-0.05, 0) is 26.0 Å². The molecular weight excluding hydrogens is 238 g/mol. The zero-order chi connectivity index (χ0) is 13.7. The molecule has 0 aromatic heterocycles. The number of ether oxygens (including phenoxy) is 2. The number of rotatable bonds is 5. The first-order valence-corrected chi connectivity index (χ1v) is 7.13. The standard InChI is InChI=1S/C16H25NO2/c1-17-15(13-9-5-6-10-14(13)18-2)16(19-3)11-7-4-8-12-16/h5-6,9-10,15,17H,4,7-8,11-12H2,1-3H3. The molecule has 1 aliphatic rings. The second-order valence-electron chi connectivity index (χ2n) is 5.29. The summed E-state index contributed by atoms with van der Waals surface area (Å²) in [5.41, 5.74) is 1.08. The molecule has 19 heavy (non-hydrogen) atoms. The third-order valence-corrected chi connectivity index (χ3v) is 4.37. The van der Waals surface area contributed by atoms with Gasteiger partial charge in [-0.3, -0.25) is 0 Å². The monoisotopic (exact) mass is 263 g/mol. The van der Waals surface area contributed by atoms with Gasteiger partial charge in [0.15, 0.2) is 0 Å². The van der Waals surface area contributed by atoms with Crippen molar-refractivity contribution in [3.63, 3.8) is 0 Å². The van der Waals surface area contributed by atoms with Gasteiger partial charge in [0.05, 0.1) is 18.8 Å². The van der Waals surface area contributed by atoms with Crippen molar-refractivity contribution in [2.24, 2.45) is 0 Å². The number of likely N-dealkylation sites (N-methyl/N-ethyl adjacent to an activating group) is 1. The summed E-state index contributed by atoms with van der Waals surface area (Å²) >= 11 is 0. The van der Waals surface area contributed by atoms with E-state index >= 15 is 0 Å². The first kappa shape index (κ1) is 14.4. The number of nitrogens with one attached hydrogen (secondary N) is 1. The van der Waals surface area contributed by atoms with E-state index in [0.717, 1.165) is 18.6 Å². The van der Waals surface area contributed by atoms with Crippen molar-refractivity contribution in [3.8, 4) is 5.75 Å². The Kier molecular flexibility index (Phi) is 4.83. The molecule has 1 aromatic carbocycles. The van der Waals surface area contributed by atoms with E-state index in [1.807, 2.05) is 26.3 Å². The number of hydrogen-bond donors (Lipinski definition) is 1.